The highest BCUT2D eigenvalue weighted by Crippen LogP contribution is 2.26. The van der Waals surface area contributed by atoms with Crippen LogP contribution in [0.15, 0.2) is 35.6 Å². The van der Waals surface area contributed by atoms with Crippen molar-refractivity contribution in [1.29, 1.82) is 0 Å². The van der Waals surface area contributed by atoms with Crippen LogP contribution in [0, 0.1) is 13.8 Å². The van der Waals surface area contributed by atoms with Crippen LogP contribution in [0.4, 0.5) is 11.5 Å². The maximum absolute atomic E-state index is 12.2. The van der Waals surface area contributed by atoms with Gasteiger partial charge in [-0.1, -0.05) is 0 Å². The molecule has 9 nitrogen and oxygen atoms in total. The Morgan fingerprint density at radius 3 is 2.55 bits per heavy atom. The number of anilines is 2. The van der Waals surface area contributed by atoms with Crippen molar-refractivity contribution in [3.8, 4) is 0 Å². The van der Waals surface area contributed by atoms with Gasteiger partial charge in [-0.15, -0.1) is 0 Å². The molecule has 0 atom stereocenters. The summed E-state index contributed by atoms with van der Waals surface area (Å²) in [5, 5.41) is 5.02. The van der Waals surface area contributed by atoms with Crippen LogP contribution in [0.5, 0.6) is 0 Å². The Morgan fingerprint density at radius 1 is 1.00 bits per heavy atom. The van der Waals surface area contributed by atoms with Gasteiger partial charge in [-0.3, -0.25) is 4.79 Å². The zero-order valence-electron chi connectivity index (χ0n) is 16.7. The summed E-state index contributed by atoms with van der Waals surface area (Å²) < 4.78 is 3.33. The van der Waals surface area contributed by atoms with Gasteiger partial charge < -0.3 is 14.4 Å². The van der Waals surface area contributed by atoms with Gasteiger partial charge in [-0.05, 0) is 32.0 Å². The topological polar surface area (TPSA) is 84.5 Å². The van der Waals surface area contributed by atoms with Gasteiger partial charge in [0.1, 0.15) is 12.1 Å². The van der Waals surface area contributed by atoms with Crippen molar-refractivity contribution in [2.24, 2.45) is 7.05 Å². The summed E-state index contributed by atoms with van der Waals surface area (Å²) in [5.41, 5.74) is 3.91. The second-order valence-electron chi connectivity index (χ2n) is 7.45. The Labute approximate surface area is 167 Å². The van der Waals surface area contributed by atoms with E-state index in [1.807, 2.05) is 29.6 Å². The third-order valence-electron chi connectivity index (χ3n) is 5.72. The Kier molecular flexibility index (Phi) is 3.97. The van der Waals surface area contributed by atoms with Crippen molar-refractivity contribution >= 4 is 28.2 Å². The Bertz CT molecular complexity index is 1280. The van der Waals surface area contributed by atoms with Gasteiger partial charge in [-0.25, -0.2) is 9.97 Å². The van der Waals surface area contributed by atoms with Gasteiger partial charge in [0.15, 0.2) is 0 Å². The zero-order valence-corrected chi connectivity index (χ0v) is 16.7. The van der Waals surface area contributed by atoms with Gasteiger partial charge in [0.25, 0.3) is 11.3 Å². The van der Waals surface area contributed by atoms with E-state index in [4.69, 9.17) is 0 Å². The molecule has 0 aliphatic carbocycles. The zero-order chi connectivity index (χ0) is 20.1. The van der Waals surface area contributed by atoms with Crippen LogP contribution in [0.25, 0.3) is 16.7 Å². The van der Waals surface area contributed by atoms with E-state index in [1.165, 1.54) is 4.57 Å². The van der Waals surface area contributed by atoms with Gasteiger partial charge >= 0.3 is 0 Å². The van der Waals surface area contributed by atoms with E-state index in [0.717, 1.165) is 54.5 Å². The molecule has 0 amide bonds. The molecule has 1 saturated heterocycles. The molecule has 4 heterocycles. The predicted molar refractivity (Wildman–Crippen MR) is 112 cm³/mol. The molecule has 0 bridgehead atoms. The fourth-order valence-electron chi connectivity index (χ4n) is 3.96. The number of piperazine rings is 1. The highest BCUT2D eigenvalue weighted by Gasteiger charge is 2.23. The summed E-state index contributed by atoms with van der Waals surface area (Å²) in [4.78, 5) is 30.1. The van der Waals surface area contributed by atoms with E-state index < -0.39 is 0 Å². The third-order valence-corrected chi connectivity index (χ3v) is 5.72. The first-order chi connectivity index (χ1) is 14.0. The molecule has 0 radical (unpaired) electrons. The number of aromatic nitrogens is 6. The normalized spacial score (nSPS) is 14.9. The van der Waals surface area contributed by atoms with Gasteiger partial charge in [0, 0.05) is 50.2 Å². The standard InChI is InChI=1S/C20H22N8O/c1-13-14(2)24-20-21-11-23-28(20)18(13)27-8-6-26(7-9-27)15-4-5-16-17(10-15)22-12-25(3)19(16)29/h4-5,10-12H,6-9H2,1-3H3. The first-order valence-corrected chi connectivity index (χ1v) is 9.65. The maximum atomic E-state index is 12.2. The van der Waals surface area contributed by atoms with E-state index in [0.29, 0.717) is 11.2 Å². The molecule has 0 saturated carbocycles. The quantitative estimate of drug-likeness (QED) is 0.510. The third kappa shape index (κ3) is 2.81. The number of hydrogen-bond acceptors (Lipinski definition) is 7. The SMILES string of the molecule is Cc1nc2ncnn2c(N2CCN(c3ccc4c(=O)n(C)cnc4c3)CC2)c1C. The average Bonchev–Trinajstić information content (AvgIpc) is 3.19. The van der Waals surface area contributed by atoms with Gasteiger partial charge in [0.2, 0.25) is 0 Å². The number of hydrogen-bond donors (Lipinski definition) is 0. The summed E-state index contributed by atoms with van der Waals surface area (Å²) >= 11 is 0. The van der Waals surface area contributed by atoms with Crippen LogP contribution in [0.2, 0.25) is 0 Å². The van der Waals surface area contributed by atoms with Crippen molar-refractivity contribution in [3.63, 3.8) is 0 Å². The Hall–Kier alpha value is -3.49. The van der Waals surface area contributed by atoms with E-state index in [-0.39, 0.29) is 5.56 Å². The summed E-state index contributed by atoms with van der Waals surface area (Å²) in [7, 11) is 1.72. The summed E-state index contributed by atoms with van der Waals surface area (Å²) in [6.07, 6.45) is 3.12. The van der Waals surface area contributed by atoms with E-state index in [1.54, 1.807) is 19.7 Å². The molecule has 1 aliphatic heterocycles. The molecule has 3 aromatic heterocycles. The number of fused-ring (bicyclic) bond motifs is 2. The van der Waals surface area contributed by atoms with Crippen LogP contribution >= 0.6 is 0 Å². The van der Waals surface area contributed by atoms with Crippen molar-refractivity contribution in [2.45, 2.75) is 13.8 Å². The fraction of sp³-hybridized carbons (Fsp3) is 0.350. The highest BCUT2D eigenvalue weighted by molar-refractivity contribution is 5.81. The lowest BCUT2D eigenvalue weighted by Crippen LogP contribution is -2.47. The van der Waals surface area contributed by atoms with Crippen LogP contribution < -0.4 is 15.4 Å². The van der Waals surface area contributed by atoms with E-state index in [2.05, 4.69) is 36.8 Å². The van der Waals surface area contributed by atoms with Crippen molar-refractivity contribution in [3.05, 3.63) is 52.5 Å². The van der Waals surface area contributed by atoms with E-state index >= 15 is 0 Å². The summed E-state index contributed by atoms with van der Waals surface area (Å²) in [6, 6.07) is 5.89. The Morgan fingerprint density at radius 2 is 1.76 bits per heavy atom. The lowest BCUT2D eigenvalue weighted by Gasteiger charge is -2.37. The molecule has 1 fully saturated rings. The van der Waals surface area contributed by atoms with Crippen molar-refractivity contribution in [1.82, 2.24) is 29.1 Å². The molecule has 0 spiro atoms. The smallest absolute Gasteiger partial charge is 0.260 e. The summed E-state index contributed by atoms with van der Waals surface area (Å²) in [6.45, 7) is 7.56. The molecule has 9 heteroatoms. The van der Waals surface area contributed by atoms with Gasteiger partial charge in [-0.2, -0.15) is 14.6 Å². The molecule has 1 aromatic carbocycles. The molecule has 1 aliphatic rings. The van der Waals surface area contributed by atoms with Gasteiger partial charge in [0.05, 0.1) is 17.2 Å². The van der Waals surface area contributed by atoms with Crippen LogP contribution in [-0.2, 0) is 7.05 Å². The molecule has 4 aromatic rings. The van der Waals surface area contributed by atoms with E-state index in [9.17, 15) is 4.79 Å². The molecular weight excluding hydrogens is 368 g/mol. The molecule has 0 N–H and O–H groups in total. The first kappa shape index (κ1) is 17.6. The molecule has 5 rings (SSSR count). The number of aryl methyl sites for hydroxylation is 2. The first-order valence-electron chi connectivity index (χ1n) is 9.65. The maximum Gasteiger partial charge on any atom is 0.260 e. The average molecular weight is 390 g/mol. The molecular formula is C20H22N8O. The molecule has 0 unspecified atom stereocenters. The minimum absolute atomic E-state index is 0.0215. The Balaban J connectivity index is 1.42. The lowest BCUT2D eigenvalue weighted by atomic mass is 10.1. The number of nitrogens with zero attached hydrogens (tertiary/aromatic N) is 8. The predicted octanol–water partition coefficient (Wildman–Crippen LogP) is 1.31. The molecule has 148 valence electrons. The number of benzene rings is 1. The lowest BCUT2D eigenvalue weighted by molar-refractivity contribution is 0.636. The minimum atomic E-state index is -0.0215. The van der Waals surface area contributed by atoms with Crippen LogP contribution in [0.3, 0.4) is 0 Å². The van der Waals surface area contributed by atoms with Crippen LogP contribution in [-0.4, -0.2) is 55.3 Å². The second-order valence-corrected chi connectivity index (χ2v) is 7.45. The van der Waals surface area contributed by atoms with Crippen LogP contribution in [0.1, 0.15) is 11.3 Å². The summed E-state index contributed by atoms with van der Waals surface area (Å²) in [5.74, 6) is 1.70. The minimum Gasteiger partial charge on any atom is -0.368 e. The molecule has 29 heavy (non-hydrogen) atoms. The fourth-order valence-corrected chi connectivity index (χ4v) is 3.96. The monoisotopic (exact) mass is 390 g/mol. The largest absolute Gasteiger partial charge is 0.368 e. The van der Waals surface area contributed by atoms with Crippen molar-refractivity contribution in [2.75, 3.05) is 36.0 Å². The highest BCUT2D eigenvalue weighted by atomic mass is 16.1. The number of rotatable bonds is 2. The van der Waals surface area contributed by atoms with Crippen molar-refractivity contribution < 1.29 is 0 Å². The second kappa shape index (κ2) is 6.54.